The lowest BCUT2D eigenvalue weighted by atomic mass is 9.74. The van der Waals surface area contributed by atoms with Gasteiger partial charge in [0, 0.05) is 23.8 Å². The Morgan fingerprint density at radius 3 is 2.68 bits per heavy atom. The zero-order valence-corrected chi connectivity index (χ0v) is 14.2. The summed E-state index contributed by atoms with van der Waals surface area (Å²) in [6, 6.07) is 3.30. The van der Waals surface area contributed by atoms with Crippen LogP contribution in [-0.2, 0) is 0 Å². The Bertz CT molecular complexity index is 801. The molecule has 3 atom stereocenters. The molecule has 1 aromatic carbocycles. The first-order valence-electron chi connectivity index (χ1n) is 8.56. The molecule has 2 aliphatic heterocycles. The predicted octanol–water partition coefficient (Wildman–Crippen LogP) is 3.39. The van der Waals surface area contributed by atoms with Crippen LogP contribution in [0.15, 0.2) is 24.5 Å². The van der Waals surface area contributed by atoms with Crippen molar-refractivity contribution >= 4 is 11.7 Å². The number of rotatable bonds is 2. The van der Waals surface area contributed by atoms with Crippen LogP contribution in [0, 0.1) is 18.7 Å². The van der Waals surface area contributed by atoms with Gasteiger partial charge in [0.25, 0.3) is 0 Å². The smallest absolute Gasteiger partial charge is 0.318 e. The molecule has 6 nitrogen and oxygen atoms in total. The Labute approximate surface area is 145 Å². The van der Waals surface area contributed by atoms with Crippen LogP contribution in [-0.4, -0.2) is 38.2 Å². The van der Waals surface area contributed by atoms with E-state index in [2.05, 4.69) is 27.4 Å². The predicted molar refractivity (Wildman–Crippen MR) is 91.4 cm³/mol. The molecule has 2 aromatic rings. The van der Waals surface area contributed by atoms with Crippen molar-refractivity contribution in [2.45, 2.75) is 45.2 Å². The molecule has 7 heteroatoms. The van der Waals surface area contributed by atoms with E-state index in [9.17, 15) is 9.18 Å². The van der Waals surface area contributed by atoms with E-state index in [-0.39, 0.29) is 23.8 Å². The van der Waals surface area contributed by atoms with Gasteiger partial charge in [-0.3, -0.25) is 0 Å². The third-order valence-electron chi connectivity index (χ3n) is 5.19. The lowest BCUT2D eigenvalue weighted by Crippen LogP contribution is -2.63. The maximum atomic E-state index is 14.4. The Morgan fingerprint density at radius 1 is 1.24 bits per heavy atom. The average Bonchev–Trinajstić information content (AvgIpc) is 2.57. The van der Waals surface area contributed by atoms with Crippen molar-refractivity contribution in [2.24, 2.45) is 5.92 Å². The Kier molecular flexibility index (Phi) is 3.86. The summed E-state index contributed by atoms with van der Waals surface area (Å²) in [4.78, 5) is 18.6. The molecule has 4 rings (SSSR count). The summed E-state index contributed by atoms with van der Waals surface area (Å²) in [5.41, 5.74) is 1.50. The molecular weight excluding hydrogens is 321 g/mol. The molecule has 2 saturated heterocycles. The third kappa shape index (κ3) is 2.83. The van der Waals surface area contributed by atoms with Crippen molar-refractivity contribution in [3.05, 3.63) is 35.9 Å². The first kappa shape index (κ1) is 15.9. The second-order valence-corrected chi connectivity index (χ2v) is 7.07. The van der Waals surface area contributed by atoms with Gasteiger partial charge in [-0.05, 0) is 49.8 Å². The van der Waals surface area contributed by atoms with Crippen LogP contribution >= 0.6 is 0 Å². The Hall–Kier alpha value is -2.57. The highest BCUT2D eigenvalue weighted by Gasteiger charge is 2.46. The molecule has 0 aliphatic carbocycles. The number of piperidine rings is 1. The molecule has 2 unspecified atom stereocenters. The number of aryl methyl sites for hydroxylation is 1. The molecule has 0 saturated carbocycles. The molecule has 2 fully saturated rings. The van der Waals surface area contributed by atoms with Crippen molar-refractivity contribution in [3.63, 3.8) is 0 Å². The number of benzene rings is 1. The van der Waals surface area contributed by atoms with E-state index in [1.807, 2.05) is 4.90 Å². The molecular formula is C18H20FN5O. The summed E-state index contributed by atoms with van der Waals surface area (Å²) in [5.74, 6) is 0.598. The number of anilines is 1. The molecule has 1 N–H and O–H groups in total. The highest BCUT2D eigenvalue weighted by molar-refractivity contribution is 5.91. The third-order valence-corrected chi connectivity index (χ3v) is 5.19. The number of nitrogens with one attached hydrogen (secondary N) is 1. The zero-order valence-electron chi connectivity index (χ0n) is 14.2. The molecule has 2 amide bonds. The maximum Gasteiger partial charge on any atom is 0.322 e. The van der Waals surface area contributed by atoms with Gasteiger partial charge in [-0.1, -0.05) is 6.92 Å². The van der Waals surface area contributed by atoms with Crippen molar-refractivity contribution in [1.29, 1.82) is 0 Å². The fourth-order valence-corrected chi connectivity index (χ4v) is 4.04. The summed E-state index contributed by atoms with van der Waals surface area (Å²) in [6.45, 7) is 4.00. The molecule has 3 heterocycles. The number of fused-ring (bicyclic) bond motifs is 2. The van der Waals surface area contributed by atoms with E-state index in [0.29, 0.717) is 22.9 Å². The first-order valence-corrected chi connectivity index (χ1v) is 8.56. The topological polar surface area (TPSA) is 71.0 Å². The number of urea groups is 1. The highest BCUT2D eigenvalue weighted by Crippen LogP contribution is 2.41. The quantitative estimate of drug-likeness (QED) is 0.909. The monoisotopic (exact) mass is 341 g/mol. The summed E-state index contributed by atoms with van der Waals surface area (Å²) >= 11 is 0. The fourth-order valence-electron chi connectivity index (χ4n) is 4.04. The number of carbonyl (C=O) groups is 1. The molecule has 0 radical (unpaired) electrons. The number of carbonyl (C=O) groups excluding carboxylic acids is 1. The molecule has 2 bridgehead atoms. The van der Waals surface area contributed by atoms with Crippen molar-refractivity contribution in [3.8, 4) is 11.4 Å². The number of nitrogens with zero attached hydrogens (tertiary/aromatic N) is 4. The minimum Gasteiger partial charge on any atom is -0.318 e. The van der Waals surface area contributed by atoms with Crippen molar-refractivity contribution in [2.75, 3.05) is 5.32 Å². The number of aromatic nitrogens is 3. The average molecular weight is 341 g/mol. The second-order valence-electron chi connectivity index (χ2n) is 7.07. The van der Waals surface area contributed by atoms with Gasteiger partial charge >= 0.3 is 6.03 Å². The summed E-state index contributed by atoms with van der Waals surface area (Å²) in [7, 11) is 0. The van der Waals surface area contributed by atoms with Crippen LogP contribution in [0.2, 0.25) is 0 Å². The van der Waals surface area contributed by atoms with Crippen molar-refractivity contribution in [1.82, 2.24) is 20.1 Å². The standard InChI is InChI=1S/C18H20FN5O/c1-10-5-12-8-13(6-10)24(12)18(25)22-16-9-14(11(2)7-15(16)19)17-20-3-4-21-23-17/h3-4,7,9-10,12-13H,5-6,8H2,1-2H3,(H,22,25)/t10?,12-,13?/m0/s1. The normalized spacial score (nSPS) is 24.6. The lowest BCUT2D eigenvalue weighted by molar-refractivity contribution is -0.00603. The summed E-state index contributed by atoms with van der Waals surface area (Å²) in [6.07, 6.45) is 6.12. The van der Waals surface area contributed by atoms with E-state index in [4.69, 9.17) is 0 Å². The van der Waals surface area contributed by atoms with E-state index in [0.717, 1.165) is 19.3 Å². The van der Waals surface area contributed by atoms with Crippen LogP contribution in [0.1, 0.15) is 31.7 Å². The highest BCUT2D eigenvalue weighted by atomic mass is 19.1. The van der Waals surface area contributed by atoms with Gasteiger partial charge < -0.3 is 10.2 Å². The van der Waals surface area contributed by atoms with Gasteiger partial charge in [0.1, 0.15) is 5.82 Å². The number of hydrogen-bond donors (Lipinski definition) is 1. The second kappa shape index (κ2) is 6.06. The van der Waals surface area contributed by atoms with E-state index in [1.54, 1.807) is 13.0 Å². The number of hydrogen-bond acceptors (Lipinski definition) is 4. The molecule has 0 spiro atoms. The van der Waals surface area contributed by atoms with Crippen LogP contribution in [0.25, 0.3) is 11.4 Å². The number of halogens is 1. The van der Waals surface area contributed by atoms with Crippen LogP contribution in [0.4, 0.5) is 14.9 Å². The zero-order chi connectivity index (χ0) is 17.6. The molecule has 130 valence electrons. The van der Waals surface area contributed by atoms with E-state index < -0.39 is 5.82 Å². The van der Waals surface area contributed by atoms with Gasteiger partial charge in [0.05, 0.1) is 11.9 Å². The van der Waals surface area contributed by atoms with Gasteiger partial charge in [0.2, 0.25) is 0 Å². The minimum absolute atomic E-state index is 0.149. The van der Waals surface area contributed by atoms with Gasteiger partial charge in [-0.15, -0.1) is 5.10 Å². The van der Waals surface area contributed by atoms with Crippen LogP contribution in [0.3, 0.4) is 0 Å². The summed E-state index contributed by atoms with van der Waals surface area (Å²) in [5, 5.41) is 10.5. The van der Waals surface area contributed by atoms with Gasteiger partial charge in [-0.2, -0.15) is 5.10 Å². The maximum absolute atomic E-state index is 14.4. The first-order chi connectivity index (χ1) is 12.0. The van der Waals surface area contributed by atoms with Crippen LogP contribution < -0.4 is 5.32 Å². The van der Waals surface area contributed by atoms with Crippen molar-refractivity contribution < 1.29 is 9.18 Å². The fraction of sp³-hybridized carbons (Fsp3) is 0.444. The molecule has 25 heavy (non-hydrogen) atoms. The lowest BCUT2D eigenvalue weighted by Gasteiger charge is -2.54. The number of amides is 2. The Morgan fingerprint density at radius 2 is 2.00 bits per heavy atom. The van der Waals surface area contributed by atoms with Gasteiger partial charge in [-0.25, -0.2) is 14.2 Å². The Balaban J connectivity index is 1.58. The molecule has 2 aliphatic rings. The SMILES string of the molecule is Cc1cc(F)c(NC(=O)N2C3CC(C)C[C@H]2C3)cc1-c1nccnn1. The van der Waals surface area contributed by atoms with Crippen LogP contribution in [0.5, 0.6) is 0 Å². The summed E-state index contributed by atoms with van der Waals surface area (Å²) < 4.78 is 14.4. The van der Waals surface area contributed by atoms with Gasteiger partial charge in [0.15, 0.2) is 5.82 Å². The minimum atomic E-state index is -0.461. The largest absolute Gasteiger partial charge is 0.322 e. The van der Waals surface area contributed by atoms with E-state index >= 15 is 0 Å². The molecule has 1 aromatic heterocycles. The van der Waals surface area contributed by atoms with E-state index in [1.165, 1.54) is 18.5 Å².